The number of carbonyl (C=O) groups is 6. The van der Waals surface area contributed by atoms with E-state index in [1.54, 1.807) is 12.1 Å². The number of nitrogens with one attached hydrogen (secondary N) is 5. The predicted octanol–water partition coefficient (Wildman–Crippen LogP) is -3.22. The van der Waals surface area contributed by atoms with Crippen molar-refractivity contribution in [3.8, 4) is 0 Å². The minimum Gasteiger partial charge on any atom is -0.481 e. The molecule has 19 heteroatoms. The Morgan fingerprint density at radius 3 is 1.58 bits per heavy atom. The van der Waals surface area contributed by atoms with Crippen LogP contribution in [0.1, 0.15) is 44.1 Å². The number of hydrogen-bond donors (Lipinski definition) is 11. The van der Waals surface area contributed by atoms with Gasteiger partial charge in [-0.1, -0.05) is 42.5 Å². The Bertz CT molecular complexity index is 1650. The maximum atomic E-state index is 14.0. The van der Waals surface area contributed by atoms with E-state index in [1.165, 1.54) is 0 Å². The molecule has 1 saturated heterocycles. The highest BCUT2D eigenvalue weighted by Gasteiger charge is 2.34. The first kappa shape index (κ1) is 40.4. The molecule has 52 heavy (non-hydrogen) atoms. The van der Waals surface area contributed by atoms with Gasteiger partial charge in [0.1, 0.15) is 30.2 Å². The van der Waals surface area contributed by atoms with Crippen LogP contribution in [0.3, 0.4) is 0 Å². The van der Waals surface area contributed by atoms with E-state index in [0.717, 1.165) is 10.8 Å². The molecule has 19 nitrogen and oxygen atoms in total. The number of carboxylic acids is 1. The van der Waals surface area contributed by atoms with Crippen molar-refractivity contribution in [3.63, 3.8) is 0 Å². The first-order chi connectivity index (χ1) is 24.8. The van der Waals surface area contributed by atoms with Crippen LogP contribution in [0.25, 0.3) is 10.8 Å². The highest BCUT2D eigenvalue weighted by Crippen LogP contribution is 2.20. The molecule has 0 spiro atoms. The molecule has 2 aromatic carbocycles. The second-order valence-electron chi connectivity index (χ2n) is 12.2. The van der Waals surface area contributed by atoms with Crippen LogP contribution in [0.5, 0.6) is 0 Å². The summed E-state index contributed by atoms with van der Waals surface area (Å²) in [6.45, 7) is -0.700. The summed E-state index contributed by atoms with van der Waals surface area (Å²) in [6, 6.07) is 5.87. The van der Waals surface area contributed by atoms with Gasteiger partial charge in [-0.25, -0.2) is 0 Å². The molecule has 1 heterocycles. The number of fused-ring (bicyclic) bond motifs is 1. The number of carboxylic acid groups (broad SMARTS) is 1. The van der Waals surface area contributed by atoms with Gasteiger partial charge in [0.25, 0.3) is 0 Å². The fourth-order valence-corrected chi connectivity index (χ4v) is 5.54. The van der Waals surface area contributed by atoms with E-state index < -0.39 is 78.7 Å². The van der Waals surface area contributed by atoms with Crippen molar-refractivity contribution in [2.45, 2.75) is 75.2 Å². The van der Waals surface area contributed by atoms with Gasteiger partial charge in [0.15, 0.2) is 11.9 Å². The Hall–Kier alpha value is -5.98. The minimum atomic E-state index is -1.56. The molecule has 15 N–H and O–H groups in total. The van der Waals surface area contributed by atoms with Crippen LogP contribution in [-0.2, 0) is 35.2 Å². The summed E-state index contributed by atoms with van der Waals surface area (Å²) < 4.78 is 0. The summed E-state index contributed by atoms with van der Waals surface area (Å²) in [5.74, 6) is -5.95. The van der Waals surface area contributed by atoms with E-state index in [2.05, 4.69) is 36.6 Å². The third-order valence-corrected chi connectivity index (χ3v) is 8.19. The zero-order valence-electron chi connectivity index (χ0n) is 28.5. The molecule has 2 aromatic rings. The SMILES string of the molecule is NC(N)=NCCC[C@@H]1NC(=O)[C@H](CCC(=O)O)NC(=O)[C@H](CCCN=C(N)N)NC(=O)[C@H](Cc2cccc3ccccc23)NC(=O)[C@H](CO)NC1=O. The summed E-state index contributed by atoms with van der Waals surface area (Å²) in [6.07, 6.45) is -0.643. The number of aliphatic imine (C=N–C) groups is 2. The van der Waals surface area contributed by atoms with Crippen LogP contribution in [-0.4, -0.2) is 108 Å². The molecule has 5 atom stereocenters. The topological polar surface area (TPSA) is 332 Å². The average Bonchev–Trinajstić information content (AvgIpc) is 3.10. The molecule has 1 fully saturated rings. The first-order valence-electron chi connectivity index (χ1n) is 16.7. The molecule has 0 radical (unpaired) electrons. The second-order valence-corrected chi connectivity index (χ2v) is 12.2. The monoisotopic (exact) mass is 725 g/mol. The van der Waals surface area contributed by atoms with Crippen LogP contribution < -0.4 is 49.5 Å². The number of aliphatic hydroxyl groups is 1. The minimum absolute atomic E-state index is 0.0245. The van der Waals surface area contributed by atoms with Gasteiger partial charge in [-0.15, -0.1) is 0 Å². The van der Waals surface area contributed by atoms with Gasteiger partial charge in [0, 0.05) is 25.9 Å². The highest BCUT2D eigenvalue weighted by molar-refractivity contribution is 5.98. The number of benzene rings is 2. The number of carbonyl (C=O) groups excluding carboxylic acids is 5. The smallest absolute Gasteiger partial charge is 0.303 e. The first-order valence-corrected chi connectivity index (χ1v) is 16.7. The Labute approximate surface area is 299 Å². The van der Waals surface area contributed by atoms with Crippen molar-refractivity contribution in [3.05, 3.63) is 48.0 Å². The number of aliphatic carboxylic acids is 1. The molecule has 0 saturated carbocycles. The predicted molar refractivity (Wildman–Crippen MR) is 191 cm³/mol. The maximum absolute atomic E-state index is 14.0. The molecule has 282 valence electrons. The van der Waals surface area contributed by atoms with Gasteiger partial charge in [0.05, 0.1) is 6.61 Å². The van der Waals surface area contributed by atoms with E-state index in [1.807, 2.05) is 30.3 Å². The molecule has 3 rings (SSSR count). The summed E-state index contributed by atoms with van der Waals surface area (Å²) in [5, 5.41) is 33.9. The number of nitrogens with zero attached hydrogens (tertiary/aromatic N) is 2. The Balaban J connectivity index is 2.06. The van der Waals surface area contributed by atoms with Crippen molar-refractivity contribution in [1.82, 2.24) is 26.6 Å². The zero-order chi connectivity index (χ0) is 38.2. The number of aliphatic hydroxyl groups excluding tert-OH is 1. The van der Waals surface area contributed by atoms with Crippen LogP contribution in [0, 0.1) is 0 Å². The summed E-state index contributed by atoms with van der Waals surface area (Å²) in [5.41, 5.74) is 22.3. The third kappa shape index (κ3) is 12.7. The van der Waals surface area contributed by atoms with Crippen molar-refractivity contribution in [1.29, 1.82) is 0 Å². The lowest BCUT2D eigenvalue weighted by Gasteiger charge is -2.26. The van der Waals surface area contributed by atoms with E-state index in [4.69, 9.17) is 22.9 Å². The zero-order valence-corrected chi connectivity index (χ0v) is 28.5. The Morgan fingerprint density at radius 1 is 0.615 bits per heavy atom. The lowest BCUT2D eigenvalue weighted by molar-refractivity contribution is -0.138. The van der Waals surface area contributed by atoms with E-state index in [-0.39, 0.29) is 63.5 Å². The number of guanidine groups is 2. The molecular weight excluding hydrogens is 678 g/mol. The summed E-state index contributed by atoms with van der Waals surface area (Å²) in [4.78, 5) is 87.7. The van der Waals surface area contributed by atoms with Crippen molar-refractivity contribution in [2.75, 3.05) is 19.7 Å². The van der Waals surface area contributed by atoms with Gasteiger partial charge in [-0.2, -0.15) is 0 Å². The number of rotatable bonds is 14. The molecule has 0 unspecified atom stereocenters. The fourth-order valence-electron chi connectivity index (χ4n) is 5.54. The lowest BCUT2D eigenvalue weighted by Crippen LogP contribution is -2.59. The largest absolute Gasteiger partial charge is 0.481 e. The van der Waals surface area contributed by atoms with Crippen molar-refractivity contribution in [2.24, 2.45) is 32.9 Å². The molecule has 1 aliphatic heterocycles. The van der Waals surface area contributed by atoms with E-state index in [0.29, 0.717) is 5.56 Å². The van der Waals surface area contributed by atoms with E-state index in [9.17, 15) is 39.0 Å². The maximum Gasteiger partial charge on any atom is 0.303 e. The standard InChI is InChI=1S/C33H47N11O8/c34-32(35)38-14-4-10-21-27(48)42-23(12-13-26(46)47)29(50)40-22(11-5-15-39-33(36)37)28(49)44-25(17-45)31(52)43-24(30(51)41-21)16-19-8-3-7-18-6-1-2-9-20(18)19/h1-3,6-9,21-25,45H,4-5,10-17H2,(H,40,50)(H,41,51)(H,42,48)(H,43,52)(H,44,49)(H,46,47)(H4,34,35,38)(H4,36,37,39)/t21-,22-,23-,24-,25-/m0/s1. The van der Waals surface area contributed by atoms with E-state index >= 15 is 0 Å². The van der Waals surface area contributed by atoms with Crippen LogP contribution in [0.2, 0.25) is 0 Å². The number of nitrogens with two attached hydrogens (primary N) is 4. The quantitative estimate of drug-likeness (QED) is 0.0521. The molecule has 0 aromatic heterocycles. The van der Waals surface area contributed by atoms with Gasteiger partial charge in [-0.05, 0) is 48.4 Å². The fraction of sp³-hybridized carbons (Fsp3) is 0.455. The highest BCUT2D eigenvalue weighted by atomic mass is 16.4. The number of amides is 5. The van der Waals surface area contributed by atoms with Gasteiger partial charge < -0.3 is 59.7 Å². The van der Waals surface area contributed by atoms with Crippen LogP contribution in [0.4, 0.5) is 0 Å². The normalized spacial score (nSPS) is 21.6. The molecular formula is C33H47N11O8. The summed E-state index contributed by atoms with van der Waals surface area (Å²) in [7, 11) is 0. The van der Waals surface area contributed by atoms with Crippen molar-refractivity contribution >= 4 is 58.2 Å². The summed E-state index contributed by atoms with van der Waals surface area (Å²) >= 11 is 0. The third-order valence-electron chi connectivity index (χ3n) is 8.19. The number of hydrogen-bond acceptors (Lipinski definition) is 9. The van der Waals surface area contributed by atoms with Crippen LogP contribution >= 0.6 is 0 Å². The molecule has 0 bridgehead atoms. The van der Waals surface area contributed by atoms with Gasteiger partial charge in [0.2, 0.25) is 29.5 Å². The molecule has 1 aliphatic rings. The van der Waals surface area contributed by atoms with Gasteiger partial charge >= 0.3 is 5.97 Å². The lowest BCUT2D eigenvalue weighted by atomic mass is 9.97. The molecule has 5 amide bonds. The average molecular weight is 726 g/mol. The second kappa shape index (κ2) is 20.0. The van der Waals surface area contributed by atoms with Gasteiger partial charge in [-0.3, -0.25) is 38.8 Å². The van der Waals surface area contributed by atoms with Crippen molar-refractivity contribution < 1.29 is 39.0 Å². The Morgan fingerprint density at radius 2 is 1.06 bits per heavy atom. The molecule has 0 aliphatic carbocycles. The van der Waals surface area contributed by atoms with Crippen LogP contribution in [0.15, 0.2) is 52.4 Å². The Kier molecular flexibility index (Phi) is 15.6.